The highest BCUT2D eigenvalue weighted by atomic mass is 16.5. The second kappa shape index (κ2) is 7.40. The Morgan fingerprint density at radius 1 is 1.03 bits per heavy atom. The third kappa shape index (κ3) is 3.08. The summed E-state index contributed by atoms with van der Waals surface area (Å²) in [6, 6.07) is 18.9. The van der Waals surface area contributed by atoms with Crippen LogP contribution in [0.2, 0.25) is 0 Å². The fourth-order valence-electron chi connectivity index (χ4n) is 3.63. The van der Waals surface area contributed by atoms with Crippen LogP contribution in [0.1, 0.15) is 11.1 Å². The Morgan fingerprint density at radius 3 is 2.67 bits per heavy atom. The van der Waals surface area contributed by atoms with E-state index in [1.165, 1.54) is 0 Å². The van der Waals surface area contributed by atoms with Crippen LogP contribution >= 0.6 is 0 Å². The van der Waals surface area contributed by atoms with Crippen molar-refractivity contribution in [1.29, 1.82) is 0 Å². The number of benzene rings is 2. The van der Waals surface area contributed by atoms with Crippen LogP contribution in [0.4, 0.5) is 0 Å². The number of ether oxygens (including phenoxy) is 1. The standard InChI is InChI=1S/C22H19N7O/c1-14-10-11-23-21-19(14)24-22(30-2)29(21)13-15-8-9-17(16-6-4-3-5-7-16)18(12-15)20-25-27-28-26-20/h3-12H,13H2,1-2H3,(H,25,26,27,28). The van der Waals surface area contributed by atoms with Crippen molar-refractivity contribution in [2.45, 2.75) is 13.5 Å². The van der Waals surface area contributed by atoms with Gasteiger partial charge in [-0.2, -0.15) is 4.98 Å². The average Bonchev–Trinajstić information content (AvgIpc) is 3.44. The molecule has 3 aromatic heterocycles. The smallest absolute Gasteiger partial charge is 0.298 e. The number of aromatic nitrogens is 7. The minimum atomic E-state index is 0.529. The van der Waals surface area contributed by atoms with Crippen LogP contribution < -0.4 is 4.74 Å². The van der Waals surface area contributed by atoms with E-state index in [-0.39, 0.29) is 0 Å². The van der Waals surface area contributed by atoms with Gasteiger partial charge >= 0.3 is 0 Å². The van der Waals surface area contributed by atoms with Crippen LogP contribution in [0.25, 0.3) is 33.7 Å². The summed E-state index contributed by atoms with van der Waals surface area (Å²) in [4.78, 5) is 9.13. The molecule has 8 nitrogen and oxygen atoms in total. The first-order valence-corrected chi connectivity index (χ1v) is 9.53. The number of tetrazole rings is 1. The Hall–Kier alpha value is -4.07. The van der Waals surface area contributed by atoms with Gasteiger partial charge < -0.3 is 4.74 Å². The van der Waals surface area contributed by atoms with Crippen LogP contribution in [0.3, 0.4) is 0 Å². The van der Waals surface area contributed by atoms with E-state index in [1.54, 1.807) is 13.3 Å². The highest BCUT2D eigenvalue weighted by Gasteiger charge is 2.16. The predicted molar refractivity (Wildman–Crippen MR) is 113 cm³/mol. The van der Waals surface area contributed by atoms with E-state index in [0.29, 0.717) is 18.4 Å². The van der Waals surface area contributed by atoms with Gasteiger partial charge in [0, 0.05) is 11.8 Å². The largest absolute Gasteiger partial charge is 0.468 e. The van der Waals surface area contributed by atoms with Crippen LogP contribution in [0, 0.1) is 6.92 Å². The number of methoxy groups -OCH3 is 1. The van der Waals surface area contributed by atoms with Crippen molar-refractivity contribution in [1.82, 2.24) is 35.2 Å². The van der Waals surface area contributed by atoms with Crippen molar-refractivity contribution in [3.05, 3.63) is 71.9 Å². The number of imidazole rings is 1. The molecule has 0 radical (unpaired) electrons. The van der Waals surface area contributed by atoms with Crippen molar-refractivity contribution in [3.8, 4) is 28.5 Å². The molecule has 5 aromatic rings. The Kier molecular flexibility index (Phi) is 4.44. The predicted octanol–water partition coefficient (Wildman–Crippen LogP) is 3.64. The number of aromatic amines is 1. The van der Waals surface area contributed by atoms with E-state index < -0.39 is 0 Å². The van der Waals surface area contributed by atoms with E-state index in [9.17, 15) is 0 Å². The molecule has 148 valence electrons. The molecule has 3 heterocycles. The summed E-state index contributed by atoms with van der Waals surface area (Å²) >= 11 is 0. The summed E-state index contributed by atoms with van der Waals surface area (Å²) in [7, 11) is 1.62. The second-order valence-corrected chi connectivity index (χ2v) is 6.98. The maximum Gasteiger partial charge on any atom is 0.298 e. The van der Waals surface area contributed by atoms with Gasteiger partial charge in [-0.3, -0.25) is 4.57 Å². The summed E-state index contributed by atoms with van der Waals surface area (Å²) in [5.41, 5.74) is 6.83. The molecule has 0 atom stereocenters. The van der Waals surface area contributed by atoms with Gasteiger partial charge in [-0.25, -0.2) is 10.1 Å². The van der Waals surface area contributed by atoms with Gasteiger partial charge in [0.15, 0.2) is 11.5 Å². The molecule has 1 N–H and O–H groups in total. The lowest BCUT2D eigenvalue weighted by Crippen LogP contribution is -2.04. The Balaban J connectivity index is 1.63. The summed E-state index contributed by atoms with van der Waals surface area (Å²) in [6.07, 6.45) is 1.79. The second-order valence-electron chi connectivity index (χ2n) is 6.98. The first-order valence-electron chi connectivity index (χ1n) is 9.53. The monoisotopic (exact) mass is 397 g/mol. The summed E-state index contributed by atoms with van der Waals surface area (Å²) < 4.78 is 7.50. The number of nitrogens with one attached hydrogen (secondary N) is 1. The lowest BCUT2D eigenvalue weighted by atomic mass is 9.97. The molecular formula is C22H19N7O. The van der Waals surface area contributed by atoms with Crippen molar-refractivity contribution >= 4 is 11.2 Å². The van der Waals surface area contributed by atoms with E-state index in [4.69, 9.17) is 4.74 Å². The molecule has 8 heteroatoms. The van der Waals surface area contributed by atoms with E-state index in [2.05, 4.69) is 60.9 Å². The Bertz CT molecular complexity index is 1310. The molecule has 0 saturated heterocycles. The summed E-state index contributed by atoms with van der Waals surface area (Å²) in [5.74, 6) is 0.618. The number of hydrogen-bond acceptors (Lipinski definition) is 6. The van der Waals surface area contributed by atoms with Gasteiger partial charge in [-0.15, -0.1) is 5.10 Å². The highest BCUT2D eigenvalue weighted by molar-refractivity contribution is 5.81. The number of hydrogen-bond donors (Lipinski definition) is 1. The zero-order chi connectivity index (χ0) is 20.5. The fraction of sp³-hybridized carbons (Fsp3) is 0.136. The third-order valence-electron chi connectivity index (χ3n) is 5.09. The number of aryl methyl sites for hydroxylation is 1. The molecule has 0 unspecified atom stereocenters. The van der Waals surface area contributed by atoms with Crippen molar-refractivity contribution < 1.29 is 4.74 Å². The van der Waals surface area contributed by atoms with Crippen molar-refractivity contribution in [2.75, 3.05) is 7.11 Å². The zero-order valence-corrected chi connectivity index (χ0v) is 16.6. The fourth-order valence-corrected chi connectivity index (χ4v) is 3.63. The normalized spacial score (nSPS) is 11.1. The molecule has 0 aliphatic heterocycles. The van der Waals surface area contributed by atoms with Gasteiger partial charge in [0.25, 0.3) is 6.01 Å². The van der Waals surface area contributed by atoms with E-state index >= 15 is 0 Å². The first kappa shape index (κ1) is 18.0. The number of H-pyrrole nitrogens is 1. The number of nitrogens with zero attached hydrogens (tertiary/aromatic N) is 6. The maximum absolute atomic E-state index is 5.53. The quantitative estimate of drug-likeness (QED) is 0.487. The first-order chi connectivity index (χ1) is 14.7. The van der Waals surface area contributed by atoms with Gasteiger partial charge in [-0.1, -0.05) is 42.5 Å². The number of fused-ring (bicyclic) bond motifs is 1. The lowest BCUT2D eigenvalue weighted by molar-refractivity contribution is 0.363. The number of rotatable bonds is 5. The van der Waals surface area contributed by atoms with E-state index in [1.807, 2.05) is 35.8 Å². The third-order valence-corrected chi connectivity index (χ3v) is 5.09. The molecule has 0 spiro atoms. The minimum Gasteiger partial charge on any atom is -0.468 e. The lowest BCUT2D eigenvalue weighted by Gasteiger charge is -2.12. The molecule has 5 rings (SSSR count). The minimum absolute atomic E-state index is 0.529. The van der Waals surface area contributed by atoms with Gasteiger partial charge in [0.2, 0.25) is 0 Å². The maximum atomic E-state index is 5.53. The molecule has 2 aromatic carbocycles. The molecule has 30 heavy (non-hydrogen) atoms. The van der Waals surface area contributed by atoms with Gasteiger partial charge in [-0.05, 0) is 51.7 Å². The Morgan fingerprint density at radius 2 is 1.90 bits per heavy atom. The zero-order valence-electron chi connectivity index (χ0n) is 16.6. The van der Waals surface area contributed by atoms with Crippen molar-refractivity contribution in [2.24, 2.45) is 0 Å². The molecule has 0 bridgehead atoms. The Labute approximate surface area is 172 Å². The van der Waals surface area contributed by atoms with Crippen molar-refractivity contribution in [3.63, 3.8) is 0 Å². The molecule has 0 amide bonds. The summed E-state index contributed by atoms with van der Waals surface area (Å²) in [6.45, 7) is 2.57. The molecule has 0 fully saturated rings. The van der Waals surface area contributed by atoms with Gasteiger partial charge in [0.05, 0.1) is 13.7 Å². The van der Waals surface area contributed by atoms with Crippen LogP contribution in [-0.2, 0) is 6.54 Å². The van der Waals surface area contributed by atoms with Crippen LogP contribution in [0.15, 0.2) is 60.8 Å². The van der Waals surface area contributed by atoms with Gasteiger partial charge in [0.1, 0.15) is 5.52 Å². The topological polar surface area (TPSA) is 94.4 Å². The SMILES string of the molecule is COc1nc2c(C)ccnc2n1Cc1ccc(-c2ccccc2)c(-c2nnn[nH]2)c1. The molecular weight excluding hydrogens is 378 g/mol. The molecule has 0 aliphatic carbocycles. The molecule has 0 aliphatic rings. The van der Waals surface area contributed by atoms with Crippen LogP contribution in [-0.4, -0.2) is 42.3 Å². The average molecular weight is 397 g/mol. The molecule has 0 saturated carbocycles. The van der Waals surface area contributed by atoms with Crippen LogP contribution in [0.5, 0.6) is 6.01 Å². The number of pyridine rings is 1. The highest BCUT2D eigenvalue weighted by Crippen LogP contribution is 2.32. The van der Waals surface area contributed by atoms with E-state index in [0.717, 1.165) is 39.0 Å². The summed E-state index contributed by atoms with van der Waals surface area (Å²) in [5, 5.41) is 14.5.